The Morgan fingerprint density at radius 1 is 1.09 bits per heavy atom. The number of carbonyl (C=O) groups excluding carboxylic acids is 3. The maximum absolute atomic E-state index is 14.6. The topological polar surface area (TPSA) is 72.9 Å². The zero-order valence-corrected chi connectivity index (χ0v) is 20.9. The van der Waals surface area contributed by atoms with E-state index in [-0.39, 0.29) is 42.7 Å². The first-order valence-electron chi connectivity index (χ1n) is 10.1. The number of rotatable bonds is 10. The van der Waals surface area contributed by atoms with E-state index >= 15 is 0 Å². The molecule has 0 aliphatic rings. The van der Waals surface area contributed by atoms with E-state index in [1.165, 1.54) is 17.0 Å². The van der Waals surface area contributed by atoms with Gasteiger partial charge in [0.2, 0.25) is 0 Å². The molecule has 2 aromatic carbocycles. The third kappa shape index (κ3) is 8.02. The van der Waals surface area contributed by atoms with Crippen LogP contribution in [0, 0.1) is 5.82 Å². The van der Waals surface area contributed by atoms with E-state index < -0.39 is 17.7 Å². The highest BCUT2D eigenvalue weighted by atomic mass is 79.9. The number of halogens is 3. The highest BCUT2D eigenvalue weighted by Crippen LogP contribution is 2.25. The van der Waals surface area contributed by atoms with Crippen molar-refractivity contribution in [3.8, 4) is 0 Å². The van der Waals surface area contributed by atoms with Gasteiger partial charge in [-0.3, -0.25) is 14.4 Å². The average molecular weight is 573 g/mol. The molecule has 6 nitrogen and oxygen atoms in total. The van der Waals surface area contributed by atoms with Crippen LogP contribution in [0.4, 0.5) is 10.1 Å². The minimum absolute atomic E-state index is 0.0457. The highest BCUT2D eigenvalue weighted by Gasteiger charge is 2.22. The Morgan fingerprint density at radius 2 is 1.84 bits per heavy atom. The fourth-order valence-corrected chi connectivity index (χ4v) is 3.51. The van der Waals surface area contributed by atoms with Gasteiger partial charge in [-0.05, 0) is 72.1 Å². The van der Waals surface area contributed by atoms with E-state index in [0.717, 1.165) is 5.56 Å². The Labute approximate surface area is 203 Å². The molecule has 0 N–H and O–H groups in total. The summed E-state index contributed by atoms with van der Waals surface area (Å²) in [5, 5.41) is -0.378. The molecule has 0 radical (unpaired) electrons. The summed E-state index contributed by atoms with van der Waals surface area (Å²) < 4.78 is 25.2. The summed E-state index contributed by atoms with van der Waals surface area (Å²) in [4.78, 5) is 38.1. The summed E-state index contributed by atoms with van der Waals surface area (Å²) in [5.74, 6) is -1.90. The van der Waals surface area contributed by atoms with Crippen LogP contribution in [0.2, 0.25) is 0 Å². The van der Waals surface area contributed by atoms with Gasteiger partial charge in [0.15, 0.2) is 5.01 Å². The first kappa shape index (κ1) is 26.0. The van der Waals surface area contributed by atoms with Gasteiger partial charge in [0.25, 0.3) is 5.91 Å². The van der Waals surface area contributed by atoms with Crippen LogP contribution in [0.1, 0.15) is 42.6 Å². The first-order valence-corrected chi connectivity index (χ1v) is 11.8. The molecule has 0 aliphatic heterocycles. The fourth-order valence-electron chi connectivity index (χ4n) is 2.97. The fraction of sp³-hybridized carbons (Fsp3) is 0.348. The summed E-state index contributed by atoms with van der Waals surface area (Å²) in [5.41, 5.74) is 1.13. The lowest BCUT2D eigenvalue weighted by atomic mass is 10.1. The second-order valence-corrected chi connectivity index (χ2v) is 9.05. The predicted molar refractivity (Wildman–Crippen MR) is 126 cm³/mol. The number of esters is 2. The van der Waals surface area contributed by atoms with Crippen LogP contribution in [0.15, 0.2) is 46.9 Å². The van der Waals surface area contributed by atoms with Crippen LogP contribution in [-0.4, -0.2) is 36.0 Å². The molecule has 172 valence electrons. The zero-order chi connectivity index (χ0) is 23.7. The van der Waals surface area contributed by atoms with E-state index in [0.29, 0.717) is 16.5 Å². The molecule has 0 aliphatic carbocycles. The largest absolute Gasteiger partial charge is 0.466 e. The second-order valence-electron chi connectivity index (χ2n) is 6.84. The molecule has 0 saturated carbocycles. The number of hydrogen-bond donors (Lipinski definition) is 0. The summed E-state index contributed by atoms with van der Waals surface area (Å²) in [7, 11) is 0. The monoisotopic (exact) mass is 571 g/mol. The molecule has 1 unspecified atom stereocenters. The third-order valence-electron chi connectivity index (χ3n) is 4.38. The Kier molecular flexibility index (Phi) is 10.3. The van der Waals surface area contributed by atoms with E-state index in [9.17, 15) is 18.8 Å². The number of amides is 1. The first-order chi connectivity index (χ1) is 15.2. The molecule has 2 rings (SSSR count). The van der Waals surface area contributed by atoms with Crippen LogP contribution in [0.3, 0.4) is 0 Å². The minimum Gasteiger partial charge on any atom is -0.466 e. The molecule has 0 heterocycles. The van der Waals surface area contributed by atoms with Crippen molar-refractivity contribution >= 4 is 55.4 Å². The van der Waals surface area contributed by atoms with Gasteiger partial charge in [0, 0.05) is 23.0 Å². The van der Waals surface area contributed by atoms with Crippen molar-refractivity contribution < 1.29 is 28.2 Å². The van der Waals surface area contributed by atoms with Gasteiger partial charge in [-0.15, -0.1) is 0 Å². The Balaban J connectivity index is 2.24. The molecule has 9 heteroatoms. The number of nitrogens with zero attached hydrogens (tertiary/aromatic N) is 1. The summed E-state index contributed by atoms with van der Waals surface area (Å²) in [6, 6.07) is 11.1. The van der Waals surface area contributed by atoms with Gasteiger partial charge < -0.3 is 14.4 Å². The predicted octanol–water partition coefficient (Wildman–Crippen LogP) is 5.40. The highest BCUT2D eigenvalue weighted by molar-refractivity contribution is 9.10. The number of alkyl halides is 1. The number of aryl methyl sites for hydroxylation is 1. The molecular formula is C23H24Br2FNO5. The number of carbonyl (C=O) groups is 3. The van der Waals surface area contributed by atoms with Crippen LogP contribution >= 0.6 is 31.9 Å². The smallest absolute Gasteiger partial charge is 0.307 e. The van der Waals surface area contributed by atoms with Crippen LogP contribution in [-0.2, 0) is 25.5 Å². The Morgan fingerprint density at radius 3 is 2.50 bits per heavy atom. The average Bonchev–Trinajstić information content (AvgIpc) is 2.73. The van der Waals surface area contributed by atoms with Gasteiger partial charge in [-0.1, -0.05) is 28.1 Å². The van der Waals surface area contributed by atoms with E-state index in [2.05, 4.69) is 31.9 Å². The number of ether oxygens (including phenoxy) is 2. The van der Waals surface area contributed by atoms with E-state index in [1.54, 1.807) is 44.2 Å². The van der Waals surface area contributed by atoms with Crippen molar-refractivity contribution in [1.29, 1.82) is 0 Å². The molecule has 0 saturated heterocycles. The molecule has 0 spiro atoms. The maximum Gasteiger partial charge on any atom is 0.307 e. The van der Waals surface area contributed by atoms with Gasteiger partial charge in [-0.25, -0.2) is 4.39 Å². The Bertz CT molecular complexity index is 967. The second kappa shape index (κ2) is 12.7. The van der Waals surface area contributed by atoms with Crippen molar-refractivity contribution in [3.05, 3.63) is 63.9 Å². The van der Waals surface area contributed by atoms with Gasteiger partial charge in [-0.2, -0.15) is 0 Å². The van der Waals surface area contributed by atoms with Crippen molar-refractivity contribution in [1.82, 2.24) is 0 Å². The van der Waals surface area contributed by atoms with Gasteiger partial charge in [0.05, 0.1) is 18.7 Å². The molecule has 2 aromatic rings. The standard InChI is InChI=1S/C23H24Br2FNO5/c1-3-31-21(28)11-12-27(20-9-8-18(25)14-19(20)26)23(30)17-6-4-5-16(13-17)7-10-22(29)32-15(2)24/h4-6,8-9,13-15H,3,7,10-12H2,1-2H3. The maximum atomic E-state index is 14.6. The van der Waals surface area contributed by atoms with Crippen molar-refractivity contribution in [2.75, 3.05) is 18.1 Å². The molecule has 1 atom stereocenters. The SMILES string of the molecule is CCOC(=O)CCN(C(=O)c1cccc(CCC(=O)OC(C)Br)c1)c1ccc(Br)cc1F. The molecule has 0 aromatic heterocycles. The number of hydrogen-bond acceptors (Lipinski definition) is 5. The lowest BCUT2D eigenvalue weighted by Gasteiger charge is -2.23. The van der Waals surface area contributed by atoms with Crippen LogP contribution in [0.25, 0.3) is 0 Å². The number of anilines is 1. The molecule has 1 amide bonds. The lowest BCUT2D eigenvalue weighted by Crippen LogP contribution is -2.34. The summed E-state index contributed by atoms with van der Waals surface area (Å²) in [6.07, 6.45) is 0.460. The van der Waals surface area contributed by atoms with Crippen molar-refractivity contribution in [2.45, 2.75) is 38.1 Å². The van der Waals surface area contributed by atoms with Crippen LogP contribution < -0.4 is 4.90 Å². The van der Waals surface area contributed by atoms with Gasteiger partial charge >= 0.3 is 11.9 Å². The van der Waals surface area contributed by atoms with E-state index in [1.807, 2.05) is 0 Å². The minimum atomic E-state index is -0.598. The van der Waals surface area contributed by atoms with E-state index in [4.69, 9.17) is 9.47 Å². The molecular weight excluding hydrogens is 549 g/mol. The molecule has 0 fully saturated rings. The van der Waals surface area contributed by atoms with Crippen molar-refractivity contribution in [3.63, 3.8) is 0 Å². The number of benzene rings is 2. The molecule has 0 bridgehead atoms. The van der Waals surface area contributed by atoms with Gasteiger partial charge in [0.1, 0.15) is 5.82 Å². The lowest BCUT2D eigenvalue weighted by molar-refractivity contribution is -0.144. The molecule has 32 heavy (non-hydrogen) atoms. The summed E-state index contributed by atoms with van der Waals surface area (Å²) in [6.45, 7) is 3.56. The van der Waals surface area contributed by atoms with Crippen molar-refractivity contribution in [2.24, 2.45) is 0 Å². The third-order valence-corrected chi connectivity index (χ3v) is 5.06. The normalized spacial score (nSPS) is 11.5. The Hall–Kier alpha value is -2.26. The quantitative estimate of drug-likeness (QED) is 0.281. The van der Waals surface area contributed by atoms with Crippen LogP contribution in [0.5, 0.6) is 0 Å². The summed E-state index contributed by atoms with van der Waals surface area (Å²) >= 11 is 6.36. The zero-order valence-electron chi connectivity index (χ0n) is 17.8.